The first-order valence-corrected chi connectivity index (χ1v) is 5.78. The first-order chi connectivity index (χ1) is 8.52. The van der Waals surface area contributed by atoms with E-state index in [9.17, 15) is 9.59 Å². The molecule has 98 valence electrons. The Kier molecular flexibility index (Phi) is 5.10. The molecule has 1 heterocycles. The van der Waals surface area contributed by atoms with Gasteiger partial charge in [0, 0.05) is 6.20 Å². The molecule has 1 aromatic heterocycles. The number of pyridine rings is 1. The predicted molar refractivity (Wildman–Crippen MR) is 67.7 cm³/mol. The van der Waals surface area contributed by atoms with Crippen LogP contribution in [0.2, 0.25) is 0 Å². The van der Waals surface area contributed by atoms with Gasteiger partial charge < -0.3 is 16.4 Å². The highest BCUT2D eigenvalue weighted by Crippen LogP contribution is 2.13. The Balaban J connectivity index is 2.59. The van der Waals surface area contributed by atoms with Gasteiger partial charge in [0.05, 0.1) is 18.3 Å². The van der Waals surface area contributed by atoms with E-state index in [0.29, 0.717) is 0 Å². The van der Waals surface area contributed by atoms with Crippen LogP contribution in [0.25, 0.3) is 0 Å². The van der Waals surface area contributed by atoms with E-state index < -0.39 is 6.03 Å². The zero-order chi connectivity index (χ0) is 13.5. The van der Waals surface area contributed by atoms with E-state index in [2.05, 4.69) is 15.6 Å². The van der Waals surface area contributed by atoms with Crippen molar-refractivity contribution in [3.05, 3.63) is 29.6 Å². The van der Waals surface area contributed by atoms with Gasteiger partial charge in [-0.05, 0) is 25.0 Å². The van der Waals surface area contributed by atoms with E-state index in [-0.39, 0.29) is 18.5 Å². The van der Waals surface area contributed by atoms with E-state index in [1.165, 1.54) is 0 Å². The number of nitrogens with two attached hydrogens (primary N) is 1. The summed E-state index contributed by atoms with van der Waals surface area (Å²) in [4.78, 5) is 26.3. The van der Waals surface area contributed by atoms with Gasteiger partial charge in [-0.3, -0.25) is 9.78 Å². The minimum absolute atomic E-state index is 0.127. The zero-order valence-electron chi connectivity index (χ0n) is 10.6. The fraction of sp³-hybridized carbons (Fsp3) is 0.417. The average molecular weight is 250 g/mol. The Morgan fingerprint density at radius 2 is 2.17 bits per heavy atom. The molecule has 0 aromatic carbocycles. The lowest BCUT2D eigenvalue weighted by atomic mass is 10.1. The molecule has 0 saturated carbocycles. The average Bonchev–Trinajstić information content (AvgIpc) is 2.34. The molecule has 0 aliphatic carbocycles. The third-order valence-corrected chi connectivity index (χ3v) is 2.46. The Bertz CT molecular complexity index is 417. The Morgan fingerprint density at radius 1 is 1.44 bits per heavy atom. The van der Waals surface area contributed by atoms with Crippen LogP contribution in [0.5, 0.6) is 0 Å². The summed E-state index contributed by atoms with van der Waals surface area (Å²) < 4.78 is 0. The van der Waals surface area contributed by atoms with Crippen molar-refractivity contribution in [1.29, 1.82) is 0 Å². The topological polar surface area (TPSA) is 97.1 Å². The number of aromatic nitrogens is 1. The number of nitrogens with zero attached hydrogens (tertiary/aromatic N) is 1. The van der Waals surface area contributed by atoms with E-state index in [4.69, 9.17) is 5.73 Å². The number of carbonyl (C=O) groups is 2. The minimum Gasteiger partial charge on any atom is -0.352 e. The minimum atomic E-state index is -0.716. The molecule has 6 nitrogen and oxygen atoms in total. The van der Waals surface area contributed by atoms with Crippen LogP contribution >= 0.6 is 0 Å². The van der Waals surface area contributed by atoms with Gasteiger partial charge >= 0.3 is 6.03 Å². The number of rotatable bonds is 5. The SMILES string of the molecule is CC[C@H](NC(=O)CNC(N)=O)c1ccc(C)cn1. The van der Waals surface area contributed by atoms with E-state index in [1.54, 1.807) is 6.20 Å². The van der Waals surface area contributed by atoms with E-state index >= 15 is 0 Å². The predicted octanol–water partition coefficient (Wildman–Crippen LogP) is 0.626. The molecule has 6 heteroatoms. The quantitative estimate of drug-likeness (QED) is 0.714. The van der Waals surface area contributed by atoms with Gasteiger partial charge in [0.2, 0.25) is 5.91 Å². The lowest BCUT2D eigenvalue weighted by Gasteiger charge is -2.16. The summed E-state index contributed by atoms with van der Waals surface area (Å²) in [5, 5.41) is 5.03. The van der Waals surface area contributed by atoms with Crippen molar-refractivity contribution in [3.8, 4) is 0 Å². The second kappa shape index (κ2) is 6.58. The summed E-state index contributed by atoms with van der Waals surface area (Å²) >= 11 is 0. The molecular weight excluding hydrogens is 232 g/mol. The second-order valence-corrected chi connectivity index (χ2v) is 4.01. The first-order valence-electron chi connectivity index (χ1n) is 5.78. The molecule has 0 unspecified atom stereocenters. The highest BCUT2D eigenvalue weighted by Gasteiger charge is 2.13. The largest absolute Gasteiger partial charge is 0.352 e. The van der Waals surface area contributed by atoms with Crippen molar-refractivity contribution in [3.63, 3.8) is 0 Å². The molecule has 0 fully saturated rings. The third-order valence-electron chi connectivity index (χ3n) is 2.46. The fourth-order valence-electron chi connectivity index (χ4n) is 1.48. The number of primary amides is 1. The first kappa shape index (κ1) is 14.0. The third kappa shape index (κ3) is 4.40. The molecule has 1 aromatic rings. The van der Waals surface area contributed by atoms with Gasteiger partial charge in [-0.25, -0.2) is 4.79 Å². The maximum absolute atomic E-state index is 11.5. The molecule has 1 rings (SSSR count). The summed E-state index contributed by atoms with van der Waals surface area (Å²) in [6.45, 7) is 3.78. The number of hydrogen-bond acceptors (Lipinski definition) is 3. The van der Waals surface area contributed by atoms with Crippen molar-refractivity contribution in [2.75, 3.05) is 6.54 Å². The molecule has 0 radical (unpaired) electrons. The molecular formula is C12H18N4O2. The molecule has 4 N–H and O–H groups in total. The highest BCUT2D eigenvalue weighted by atomic mass is 16.2. The number of nitrogens with one attached hydrogen (secondary N) is 2. The molecule has 0 bridgehead atoms. The van der Waals surface area contributed by atoms with Gasteiger partial charge in [-0.2, -0.15) is 0 Å². The highest BCUT2D eigenvalue weighted by molar-refractivity contribution is 5.83. The monoisotopic (exact) mass is 250 g/mol. The second-order valence-electron chi connectivity index (χ2n) is 4.01. The molecule has 3 amide bonds. The van der Waals surface area contributed by atoms with Gasteiger partial charge in [0.15, 0.2) is 0 Å². The summed E-state index contributed by atoms with van der Waals surface area (Å²) in [7, 11) is 0. The lowest BCUT2D eigenvalue weighted by Crippen LogP contribution is -2.40. The zero-order valence-corrected chi connectivity index (χ0v) is 10.6. The number of carbonyl (C=O) groups excluding carboxylic acids is 2. The van der Waals surface area contributed by atoms with Crippen LogP contribution < -0.4 is 16.4 Å². The Labute approximate surface area is 106 Å². The van der Waals surface area contributed by atoms with Crippen LogP contribution in [0.4, 0.5) is 4.79 Å². The lowest BCUT2D eigenvalue weighted by molar-refractivity contribution is -0.120. The summed E-state index contributed by atoms with van der Waals surface area (Å²) in [6.07, 6.45) is 2.48. The van der Waals surface area contributed by atoms with Crippen molar-refractivity contribution < 1.29 is 9.59 Å². The van der Waals surface area contributed by atoms with Crippen molar-refractivity contribution in [1.82, 2.24) is 15.6 Å². The van der Waals surface area contributed by atoms with E-state index in [1.807, 2.05) is 26.0 Å². The van der Waals surface area contributed by atoms with Crippen molar-refractivity contribution in [2.45, 2.75) is 26.3 Å². The van der Waals surface area contributed by atoms with E-state index in [0.717, 1.165) is 17.7 Å². The molecule has 0 spiro atoms. The van der Waals surface area contributed by atoms with Gasteiger partial charge in [-0.1, -0.05) is 13.0 Å². The number of hydrogen-bond donors (Lipinski definition) is 3. The standard InChI is InChI=1S/C12H18N4O2/c1-3-9(10-5-4-8(2)6-14-10)16-11(17)7-15-12(13)18/h4-6,9H,3,7H2,1-2H3,(H,16,17)(H3,13,15,18)/t9-/m0/s1. The fourth-order valence-corrected chi connectivity index (χ4v) is 1.48. The Hall–Kier alpha value is -2.11. The van der Waals surface area contributed by atoms with Gasteiger partial charge in [0.1, 0.15) is 0 Å². The molecule has 0 saturated heterocycles. The Morgan fingerprint density at radius 3 is 2.67 bits per heavy atom. The van der Waals surface area contributed by atoms with Crippen molar-refractivity contribution in [2.24, 2.45) is 5.73 Å². The van der Waals surface area contributed by atoms with Gasteiger partial charge in [-0.15, -0.1) is 0 Å². The molecule has 18 heavy (non-hydrogen) atoms. The summed E-state index contributed by atoms with van der Waals surface area (Å²) in [5.74, 6) is -0.289. The van der Waals surface area contributed by atoms with Crippen molar-refractivity contribution >= 4 is 11.9 Å². The maximum atomic E-state index is 11.5. The molecule has 0 aliphatic rings. The molecule has 0 aliphatic heterocycles. The van der Waals surface area contributed by atoms with Crippen LogP contribution in [0.1, 0.15) is 30.6 Å². The molecule has 1 atom stereocenters. The van der Waals surface area contributed by atoms with Gasteiger partial charge in [0.25, 0.3) is 0 Å². The number of urea groups is 1. The summed E-state index contributed by atoms with van der Waals surface area (Å²) in [5.41, 5.74) is 6.76. The van der Waals surface area contributed by atoms with Crippen LogP contribution in [0, 0.1) is 6.92 Å². The van der Waals surface area contributed by atoms with Crippen LogP contribution in [-0.2, 0) is 4.79 Å². The maximum Gasteiger partial charge on any atom is 0.312 e. The number of aryl methyl sites for hydroxylation is 1. The number of amides is 3. The normalized spacial score (nSPS) is 11.7. The smallest absolute Gasteiger partial charge is 0.312 e. The van der Waals surface area contributed by atoms with Crippen LogP contribution in [0.3, 0.4) is 0 Å². The van der Waals surface area contributed by atoms with Crippen LogP contribution in [0.15, 0.2) is 18.3 Å². The van der Waals surface area contributed by atoms with Crippen LogP contribution in [-0.4, -0.2) is 23.5 Å². The summed E-state index contributed by atoms with van der Waals surface area (Å²) in [6, 6.07) is 2.95.